The van der Waals surface area contributed by atoms with Crippen molar-refractivity contribution in [2.24, 2.45) is 0 Å². The molecule has 0 N–H and O–H groups in total. The van der Waals surface area contributed by atoms with Crippen molar-refractivity contribution in [2.45, 2.75) is 56.7 Å². The molecule has 0 spiro atoms. The molecule has 0 aliphatic carbocycles. The van der Waals surface area contributed by atoms with Gasteiger partial charge in [0.05, 0.1) is 6.20 Å². The van der Waals surface area contributed by atoms with Crippen molar-refractivity contribution in [1.29, 1.82) is 0 Å². The maximum atomic E-state index is 12.6. The second-order valence-electron chi connectivity index (χ2n) is 6.95. The van der Waals surface area contributed by atoms with Crippen LogP contribution in [0.25, 0.3) is 0 Å². The summed E-state index contributed by atoms with van der Waals surface area (Å²) in [7, 11) is 0. The van der Waals surface area contributed by atoms with Gasteiger partial charge >= 0.3 is 0 Å². The predicted octanol–water partition coefficient (Wildman–Crippen LogP) is 1.13. The highest BCUT2D eigenvalue weighted by molar-refractivity contribution is 6.02. The fourth-order valence-electron chi connectivity index (χ4n) is 4.42. The van der Waals surface area contributed by atoms with Crippen LogP contribution in [0.15, 0.2) is 24.5 Å². The van der Waals surface area contributed by atoms with E-state index in [1.807, 2.05) is 4.90 Å². The SMILES string of the molecule is O=C1CCC(=O)N1C1CC2CCC(C1)N2C(=O)COc1cccnc1. The molecule has 3 aliphatic heterocycles. The van der Waals surface area contributed by atoms with E-state index < -0.39 is 0 Å². The van der Waals surface area contributed by atoms with Crippen LogP contribution in [-0.2, 0) is 14.4 Å². The number of piperidine rings is 1. The van der Waals surface area contributed by atoms with Crippen LogP contribution < -0.4 is 4.74 Å². The normalized spacial score (nSPS) is 28.6. The standard InChI is InChI=1S/C18H21N3O4/c22-16-5-6-17(23)21(16)14-8-12-3-4-13(9-14)20(12)18(24)11-25-15-2-1-7-19-10-15/h1-2,7,10,12-14H,3-6,8-9,11H2. The smallest absolute Gasteiger partial charge is 0.261 e. The minimum atomic E-state index is -0.0610. The lowest BCUT2D eigenvalue weighted by Crippen LogP contribution is -2.54. The number of hydrogen-bond acceptors (Lipinski definition) is 5. The third-order valence-corrected chi connectivity index (χ3v) is 5.45. The highest BCUT2D eigenvalue weighted by atomic mass is 16.5. The van der Waals surface area contributed by atoms with Gasteiger partial charge in [-0.2, -0.15) is 0 Å². The third-order valence-electron chi connectivity index (χ3n) is 5.45. The highest BCUT2D eigenvalue weighted by Crippen LogP contribution is 2.39. The summed E-state index contributed by atoms with van der Waals surface area (Å²) in [6, 6.07) is 3.67. The fourth-order valence-corrected chi connectivity index (χ4v) is 4.42. The Hall–Kier alpha value is -2.44. The zero-order valence-electron chi connectivity index (χ0n) is 14.0. The van der Waals surface area contributed by atoms with Gasteiger partial charge in [-0.3, -0.25) is 24.3 Å². The van der Waals surface area contributed by atoms with Crippen molar-refractivity contribution in [3.8, 4) is 5.75 Å². The molecular formula is C18H21N3O4. The number of pyridine rings is 1. The molecule has 3 saturated heterocycles. The quantitative estimate of drug-likeness (QED) is 0.766. The van der Waals surface area contributed by atoms with Crippen molar-refractivity contribution < 1.29 is 19.1 Å². The minimum Gasteiger partial charge on any atom is -0.482 e. The molecule has 1 aromatic rings. The number of imide groups is 1. The van der Waals surface area contributed by atoms with Crippen molar-refractivity contribution in [3.63, 3.8) is 0 Å². The van der Waals surface area contributed by atoms with Crippen LogP contribution in [-0.4, -0.2) is 57.2 Å². The van der Waals surface area contributed by atoms with E-state index in [1.165, 1.54) is 4.90 Å². The van der Waals surface area contributed by atoms with Crippen LogP contribution in [0, 0.1) is 0 Å². The molecule has 0 saturated carbocycles. The first-order valence-corrected chi connectivity index (χ1v) is 8.82. The molecular weight excluding hydrogens is 322 g/mol. The number of fused-ring (bicyclic) bond motifs is 2. The van der Waals surface area contributed by atoms with Gasteiger partial charge < -0.3 is 9.64 Å². The van der Waals surface area contributed by atoms with E-state index in [0.29, 0.717) is 31.4 Å². The summed E-state index contributed by atoms with van der Waals surface area (Å²) < 4.78 is 5.53. The molecule has 3 amide bonds. The molecule has 0 aromatic carbocycles. The molecule has 1 aromatic heterocycles. The van der Waals surface area contributed by atoms with Gasteiger partial charge in [-0.15, -0.1) is 0 Å². The summed E-state index contributed by atoms with van der Waals surface area (Å²) in [5, 5.41) is 0. The monoisotopic (exact) mass is 343 g/mol. The average Bonchev–Trinajstić information content (AvgIpc) is 3.09. The molecule has 2 atom stereocenters. The van der Waals surface area contributed by atoms with Gasteiger partial charge in [0, 0.05) is 37.2 Å². The summed E-state index contributed by atoms with van der Waals surface area (Å²) in [5.74, 6) is 0.420. The van der Waals surface area contributed by atoms with Crippen LogP contribution in [0.2, 0.25) is 0 Å². The summed E-state index contributed by atoms with van der Waals surface area (Å²) in [4.78, 5) is 43.9. The number of amides is 3. The number of ether oxygens (including phenoxy) is 1. The molecule has 4 heterocycles. The van der Waals surface area contributed by atoms with E-state index in [-0.39, 0.29) is 42.5 Å². The number of carbonyl (C=O) groups excluding carboxylic acids is 3. The highest BCUT2D eigenvalue weighted by Gasteiger charge is 2.47. The Morgan fingerprint density at radius 2 is 1.80 bits per heavy atom. The largest absolute Gasteiger partial charge is 0.482 e. The number of rotatable bonds is 4. The summed E-state index contributed by atoms with van der Waals surface area (Å²) in [6.45, 7) is -0.00899. The van der Waals surface area contributed by atoms with Crippen molar-refractivity contribution in [1.82, 2.24) is 14.8 Å². The zero-order valence-corrected chi connectivity index (χ0v) is 14.0. The van der Waals surface area contributed by atoms with Crippen LogP contribution in [0.5, 0.6) is 5.75 Å². The number of aromatic nitrogens is 1. The minimum absolute atomic E-state index is 0.00899. The van der Waals surface area contributed by atoms with E-state index in [2.05, 4.69) is 4.98 Å². The summed E-state index contributed by atoms with van der Waals surface area (Å²) in [6.07, 6.45) is 7.11. The Bertz CT molecular complexity index is 663. The Labute approximate surface area is 145 Å². The van der Waals surface area contributed by atoms with E-state index >= 15 is 0 Å². The molecule has 3 aliphatic rings. The van der Waals surface area contributed by atoms with Crippen LogP contribution in [0.4, 0.5) is 0 Å². The second kappa shape index (κ2) is 6.46. The Morgan fingerprint density at radius 1 is 1.12 bits per heavy atom. The van der Waals surface area contributed by atoms with Gasteiger partial charge in [0.15, 0.2) is 6.61 Å². The first kappa shape index (κ1) is 16.1. The van der Waals surface area contributed by atoms with Gasteiger partial charge in [0.2, 0.25) is 11.8 Å². The Morgan fingerprint density at radius 3 is 2.40 bits per heavy atom. The Kier molecular flexibility index (Phi) is 4.15. The van der Waals surface area contributed by atoms with Gasteiger partial charge in [-0.1, -0.05) is 0 Å². The molecule has 0 radical (unpaired) electrons. The molecule has 3 fully saturated rings. The van der Waals surface area contributed by atoms with E-state index in [0.717, 1.165) is 12.8 Å². The van der Waals surface area contributed by atoms with Crippen LogP contribution >= 0.6 is 0 Å². The number of nitrogens with zero attached hydrogens (tertiary/aromatic N) is 3. The van der Waals surface area contributed by atoms with Crippen LogP contribution in [0.3, 0.4) is 0 Å². The number of likely N-dealkylation sites (tertiary alicyclic amines) is 1. The summed E-state index contributed by atoms with van der Waals surface area (Å²) in [5.41, 5.74) is 0. The van der Waals surface area contributed by atoms with E-state index in [4.69, 9.17) is 4.74 Å². The van der Waals surface area contributed by atoms with Gasteiger partial charge in [0.25, 0.3) is 5.91 Å². The molecule has 2 bridgehead atoms. The average molecular weight is 343 g/mol. The maximum Gasteiger partial charge on any atom is 0.261 e. The van der Waals surface area contributed by atoms with Gasteiger partial charge in [-0.05, 0) is 37.8 Å². The lowest BCUT2D eigenvalue weighted by atomic mass is 9.96. The lowest BCUT2D eigenvalue weighted by molar-refractivity contribution is -0.145. The van der Waals surface area contributed by atoms with Crippen molar-refractivity contribution in [3.05, 3.63) is 24.5 Å². The molecule has 7 heteroatoms. The van der Waals surface area contributed by atoms with Gasteiger partial charge in [0.1, 0.15) is 5.75 Å². The lowest BCUT2D eigenvalue weighted by Gasteiger charge is -2.41. The molecule has 7 nitrogen and oxygen atoms in total. The molecule has 132 valence electrons. The second-order valence-corrected chi connectivity index (χ2v) is 6.95. The number of hydrogen-bond donors (Lipinski definition) is 0. The van der Waals surface area contributed by atoms with Crippen molar-refractivity contribution >= 4 is 17.7 Å². The topological polar surface area (TPSA) is 79.8 Å². The van der Waals surface area contributed by atoms with Crippen LogP contribution in [0.1, 0.15) is 38.5 Å². The maximum absolute atomic E-state index is 12.6. The fraction of sp³-hybridized carbons (Fsp3) is 0.556. The van der Waals surface area contributed by atoms with Crippen molar-refractivity contribution in [2.75, 3.05) is 6.61 Å². The molecule has 25 heavy (non-hydrogen) atoms. The van der Waals surface area contributed by atoms with E-state index in [9.17, 15) is 14.4 Å². The zero-order chi connectivity index (χ0) is 17.4. The van der Waals surface area contributed by atoms with Gasteiger partial charge in [-0.25, -0.2) is 0 Å². The molecule has 2 unspecified atom stereocenters. The number of carbonyl (C=O) groups is 3. The summed E-state index contributed by atoms with van der Waals surface area (Å²) >= 11 is 0. The predicted molar refractivity (Wildman–Crippen MR) is 87.5 cm³/mol. The van der Waals surface area contributed by atoms with E-state index in [1.54, 1.807) is 24.5 Å². The Balaban J connectivity index is 1.39. The first-order chi connectivity index (χ1) is 12.1. The molecule has 4 rings (SSSR count). The first-order valence-electron chi connectivity index (χ1n) is 8.82. The third kappa shape index (κ3) is 2.99.